The first-order valence-corrected chi connectivity index (χ1v) is 9.87. The maximum Gasteiger partial charge on any atom is 0.271 e. The van der Waals surface area contributed by atoms with Crippen LogP contribution in [0.4, 0.5) is 0 Å². The summed E-state index contributed by atoms with van der Waals surface area (Å²) in [5.74, 6) is 0.533. The molecule has 7 heteroatoms. The fourth-order valence-electron chi connectivity index (χ4n) is 3.02. The number of aryl methyl sites for hydroxylation is 1. The van der Waals surface area contributed by atoms with Crippen LogP contribution in [0, 0.1) is 6.92 Å². The van der Waals surface area contributed by atoms with E-state index in [1.807, 2.05) is 50.4 Å². The van der Waals surface area contributed by atoms with E-state index in [0.717, 1.165) is 16.9 Å². The zero-order valence-corrected chi connectivity index (χ0v) is 16.5. The fourth-order valence-corrected chi connectivity index (χ4v) is 3.97. The largest absolute Gasteiger partial charge is 0.494 e. The van der Waals surface area contributed by atoms with E-state index in [1.54, 1.807) is 0 Å². The van der Waals surface area contributed by atoms with Gasteiger partial charge in [-0.2, -0.15) is 0 Å². The Hall–Kier alpha value is -2.67. The van der Waals surface area contributed by atoms with Crippen molar-refractivity contribution >= 4 is 27.5 Å². The summed E-state index contributed by atoms with van der Waals surface area (Å²) in [7, 11) is 0. The van der Waals surface area contributed by atoms with Gasteiger partial charge in [0.05, 0.1) is 24.5 Å². The number of hydrogen-bond donors (Lipinski definition) is 1. The molecule has 2 aromatic heterocycles. The molecular formula is C20H23N3O3S. The van der Waals surface area contributed by atoms with Crippen LogP contribution in [-0.2, 0) is 11.3 Å². The van der Waals surface area contributed by atoms with Crippen molar-refractivity contribution in [3.8, 4) is 5.75 Å². The summed E-state index contributed by atoms with van der Waals surface area (Å²) < 4.78 is 7.61. The second kappa shape index (κ2) is 8.35. The standard InChI is InChI=1S/C20H23N3O3S/c1-4-15(14-8-6-7-9-16(14)26-5-2)22-17(24)10-23-12-21-18-13(3)11-27-19(18)20(23)25/h6-9,11-12,15H,4-5,10H2,1-3H3,(H,22,24). The number of nitrogens with one attached hydrogen (secondary N) is 1. The lowest BCUT2D eigenvalue weighted by molar-refractivity contribution is -0.122. The molecule has 2 heterocycles. The first-order chi connectivity index (χ1) is 13.0. The summed E-state index contributed by atoms with van der Waals surface area (Å²) in [5.41, 5.74) is 2.43. The van der Waals surface area contributed by atoms with E-state index < -0.39 is 0 Å². The number of nitrogens with zero attached hydrogens (tertiary/aromatic N) is 2. The van der Waals surface area contributed by atoms with Gasteiger partial charge >= 0.3 is 0 Å². The van der Waals surface area contributed by atoms with Gasteiger partial charge in [0.25, 0.3) is 5.56 Å². The van der Waals surface area contributed by atoms with Crippen molar-refractivity contribution in [1.29, 1.82) is 0 Å². The smallest absolute Gasteiger partial charge is 0.271 e. The van der Waals surface area contributed by atoms with E-state index in [0.29, 0.717) is 23.2 Å². The Morgan fingerprint density at radius 3 is 2.85 bits per heavy atom. The zero-order valence-electron chi connectivity index (χ0n) is 15.7. The molecule has 1 unspecified atom stereocenters. The van der Waals surface area contributed by atoms with Crippen LogP contribution in [0.5, 0.6) is 5.75 Å². The Morgan fingerprint density at radius 1 is 1.33 bits per heavy atom. The Kier molecular flexibility index (Phi) is 5.91. The maximum absolute atomic E-state index is 12.6. The van der Waals surface area contributed by atoms with Crippen LogP contribution in [0.1, 0.15) is 37.4 Å². The molecule has 6 nitrogen and oxygen atoms in total. The van der Waals surface area contributed by atoms with Gasteiger partial charge in [-0.15, -0.1) is 11.3 Å². The summed E-state index contributed by atoms with van der Waals surface area (Å²) in [6.45, 7) is 6.35. The van der Waals surface area contributed by atoms with Crippen molar-refractivity contribution < 1.29 is 9.53 Å². The van der Waals surface area contributed by atoms with E-state index in [1.165, 1.54) is 22.2 Å². The molecular weight excluding hydrogens is 362 g/mol. The third kappa shape index (κ3) is 4.03. The molecule has 1 aromatic carbocycles. The third-order valence-corrected chi connectivity index (χ3v) is 5.45. The Bertz CT molecular complexity index is 1010. The van der Waals surface area contributed by atoms with Gasteiger partial charge in [0.1, 0.15) is 17.0 Å². The van der Waals surface area contributed by atoms with Gasteiger partial charge in [-0.3, -0.25) is 14.2 Å². The van der Waals surface area contributed by atoms with Crippen molar-refractivity contribution in [3.05, 3.63) is 57.5 Å². The summed E-state index contributed by atoms with van der Waals surface area (Å²) in [6, 6.07) is 7.50. The summed E-state index contributed by atoms with van der Waals surface area (Å²) in [4.78, 5) is 29.5. The van der Waals surface area contributed by atoms with E-state index in [-0.39, 0.29) is 24.1 Å². The average Bonchev–Trinajstić information content (AvgIpc) is 3.05. The molecule has 0 aliphatic rings. The van der Waals surface area contributed by atoms with Crippen molar-refractivity contribution in [2.75, 3.05) is 6.61 Å². The molecule has 0 radical (unpaired) electrons. The van der Waals surface area contributed by atoms with Crippen molar-refractivity contribution in [1.82, 2.24) is 14.9 Å². The summed E-state index contributed by atoms with van der Waals surface area (Å²) in [6.07, 6.45) is 2.16. The lowest BCUT2D eigenvalue weighted by Crippen LogP contribution is -2.34. The van der Waals surface area contributed by atoms with Crippen LogP contribution < -0.4 is 15.6 Å². The number of ether oxygens (including phenoxy) is 1. The molecule has 0 bridgehead atoms. The monoisotopic (exact) mass is 385 g/mol. The second-order valence-corrected chi connectivity index (χ2v) is 7.15. The van der Waals surface area contributed by atoms with Gasteiger partial charge in [-0.1, -0.05) is 25.1 Å². The molecule has 3 rings (SSSR count). The lowest BCUT2D eigenvalue weighted by atomic mass is 10.0. The Balaban J connectivity index is 1.79. The summed E-state index contributed by atoms with van der Waals surface area (Å²) in [5, 5.41) is 4.91. The van der Waals surface area contributed by atoms with Crippen LogP contribution >= 0.6 is 11.3 Å². The Labute approximate surface area is 161 Å². The summed E-state index contributed by atoms with van der Waals surface area (Å²) >= 11 is 1.36. The molecule has 0 spiro atoms. The highest BCUT2D eigenvalue weighted by molar-refractivity contribution is 7.17. The molecule has 3 aromatic rings. The number of hydrogen-bond acceptors (Lipinski definition) is 5. The first kappa shape index (κ1) is 19.1. The van der Waals surface area contributed by atoms with Gasteiger partial charge in [0.2, 0.25) is 5.91 Å². The zero-order chi connectivity index (χ0) is 19.4. The average molecular weight is 385 g/mol. The van der Waals surface area contributed by atoms with Crippen LogP contribution in [0.3, 0.4) is 0 Å². The molecule has 1 amide bonds. The molecule has 27 heavy (non-hydrogen) atoms. The van der Waals surface area contributed by atoms with Crippen LogP contribution in [0.2, 0.25) is 0 Å². The van der Waals surface area contributed by atoms with E-state index >= 15 is 0 Å². The molecule has 0 saturated carbocycles. The van der Waals surface area contributed by atoms with Crippen molar-refractivity contribution in [2.24, 2.45) is 0 Å². The van der Waals surface area contributed by atoms with Gasteiger partial charge in [-0.05, 0) is 37.3 Å². The maximum atomic E-state index is 12.6. The number of aromatic nitrogens is 2. The SMILES string of the molecule is CCOc1ccccc1C(CC)NC(=O)Cn1cnc2c(C)csc2c1=O. The quantitative estimate of drug-likeness (QED) is 0.676. The number of para-hydroxylation sites is 1. The van der Waals surface area contributed by atoms with E-state index in [9.17, 15) is 9.59 Å². The highest BCUT2D eigenvalue weighted by Gasteiger charge is 2.18. The molecule has 0 fully saturated rings. The van der Waals surface area contributed by atoms with Crippen LogP contribution in [0.25, 0.3) is 10.2 Å². The van der Waals surface area contributed by atoms with Crippen LogP contribution in [-0.4, -0.2) is 22.1 Å². The van der Waals surface area contributed by atoms with Crippen LogP contribution in [0.15, 0.2) is 40.8 Å². The second-order valence-electron chi connectivity index (χ2n) is 6.27. The fraction of sp³-hybridized carbons (Fsp3) is 0.350. The molecule has 0 aliphatic heterocycles. The highest BCUT2D eigenvalue weighted by Crippen LogP contribution is 2.27. The van der Waals surface area contributed by atoms with Crippen molar-refractivity contribution in [2.45, 2.75) is 39.8 Å². The predicted molar refractivity (Wildman–Crippen MR) is 107 cm³/mol. The predicted octanol–water partition coefficient (Wildman–Crippen LogP) is 3.43. The van der Waals surface area contributed by atoms with Gasteiger partial charge in [0, 0.05) is 5.56 Å². The molecule has 1 N–H and O–H groups in total. The van der Waals surface area contributed by atoms with E-state index in [2.05, 4.69) is 10.3 Å². The Morgan fingerprint density at radius 2 is 2.11 bits per heavy atom. The number of rotatable bonds is 7. The van der Waals surface area contributed by atoms with Gasteiger partial charge in [-0.25, -0.2) is 4.98 Å². The minimum Gasteiger partial charge on any atom is -0.494 e. The minimum atomic E-state index is -0.232. The minimum absolute atomic E-state index is 0.0635. The third-order valence-electron chi connectivity index (χ3n) is 4.38. The number of thiophene rings is 1. The number of carbonyl (C=O) groups is 1. The number of benzene rings is 1. The molecule has 0 aliphatic carbocycles. The first-order valence-electron chi connectivity index (χ1n) is 8.99. The van der Waals surface area contributed by atoms with Gasteiger partial charge < -0.3 is 10.1 Å². The molecule has 1 atom stereocenters. The van der Waals surface area contributed by atoms with Crippen molar-refractivity contribution in [3.63, 3.8) is 0 Å². The lowest BCUT2D eigenvalue weighted by Gasteiger charge is -2.20. The number of amides is 1. The molecule has 0 saturated heterocycles. The topological polar surface area (TPSA) is 73.2 Å². The van der Waals surface area contributed by atoms with Gasteiger partial charge in [0.15, 0.2) is 0 Å². The van der Waals surface area contributed by atoms with E-state index in [4.69, 9.17) is 4.74 Å². The highest BCUT2D eigenvalue weighted by atomic mass is 32.1. The normalized spacial score (nSPS) is 12.1. The number of carbonyl (C=O) groups excluding carboxylic acids is 1. The molecule has 142 valence electrons. The number of fused-ring (bicyclic) bond motifs is 1.